The van der Waals surface area contributed by atoms with Crippen molar-refractivity contribution < 1.29 is 73.6 Å². The average molecular weight is 855 g/mol. The van der Waals surface area contributed by atoms with Crippen molar-refractivity contribution in [3.05, 3.63) is 58.1 Å². The molecule has 1 aliphatic heterocycles. The number of rotatable bonds is 17. The van der Waals surface area contributed by atoms with Gasteiger partial charge in [-0.1, -0.05) is 17.4 Å². The van der Waals surface area contributed by atoms with Crippen LogP contribution in [0.2, 0.25) is 0 Å². The number of carboxylic acid groups (broad SMARTS) is 1. The van der Waals surface area contributed by atoms with Gasteiger partial charge in [-0.25, -0.2) is 4.68 Å². The molecular weight excluding hydrogens is 804 g/mol. The third-order valence-corrected chi connectivity index (χ3v) is 11.6. The number of fused-ring (bicyclic) bond motifs is 3. The normalized spacial score (nSPS) is 27.2. The summed E-state index contributed by atoms with van der Waals surface area (Å²) in [5.41, 5.74) is -3.53. The lowest BCUT2D eigenvalue weighted by molar-refractivity contribution is -0.249. The zero-order chi connectivity index (χ0) is 44.3. The molecule has 1 aromatic carbocycles. The number of ketones is 3. The number of nitrogens with zero attached hydrogens (tertiary/aromatic N) is 3. The van der Waals surface area contributed by atoms with Gasteiger partial charge in [0.1, 0.15) is 48.2 Å². The van der Waals surface area contributed by atoms with Crippen LogP contribution in [0.4, 0.5) is 0 Å². The van der Waals surface area contributed by atoms with Crippen LogP contribution in [-0.4, -0.2) is 144 Å². The van der Waals surface area contributed by atoms with Crippen LogP contribution in [0, 0.1) is 11.8 Å². The second-order valence-corrected chi connectivity index (χ2v) is 15.6. The van der Waals surface area contributed by atoms with Crippen LogP contribution in [0.15, 0.2) is 30.2 Å². The number of phenols is 2. The fourth-order valence-electron chi connectivity index (χ4n) is 8.44. The Balaban J connectivity index is 1.14. The van der Waals surface area contributed by atoms with E-state index in [0.29, 0.717) is 25.8 Å². The summed E-state index contributed by atoms with van der Waals surface area (Å²) in [6.45, 7) is 0.379. The summed E-state index contributed by atoms with van der Waals surface area (Å²) >= 11 is 0. The van der Waals surface area contributed by atoms with Gasteiger partial charge in [0.2, 0.25) is 11.8 Å². The van der Waals surface area contributed by atoms with E-state index < -0.39 is 125 Å². The Kier molecular flexibility index (Phi) is 13.7. The van der Waals surface area contributed by atoms with Gasteiger partial charge in [0.15, 0.2) is 23.6 Å². The molecule has 9 atom stereocenters. The molecule has 21 nitrogen and oxygen atoms in total. The summed E-state index contributed by atoms with van der Waals surface area (Å²) in [5, 5.41) is 80.9. The SMILES string of the molecule is CN[C@H](CCCCNC(=O)Cc1cn(CC(=O)NC2CC(O[C@H]3C[C@](O)(C(=O)CO)Cc4c(O)c5c(c(O)c43)C(=O)C3C(OC)=CC=CC3C5=O)OC(C)C2O)nn1)C(=O)O. The highest BCUT2D eigenvalue weighted by molar-refractivity contribution is 6.20. The maximum atomic E-state index is 14.0. The molecule has 0 bridgehead atoms. The number of nitrogens with one attached hydrogen (secondary N) is 3. The average Bonchev–Trinajstić information content (AvgIpc) is 3.66. The number of aliphatic hydroxyl groups excluding tert-OH is 2. The van der Waals surface area contributed by atoms with Crippen molar-refractivity contribution in [1.82, 2.24) is 30.9 Å². The third kappa shape index (κ3) is 9.21. The van der Waals surface area contributed by atoms with Gasteiger partial charge in [0, 0.05) is 43.1 Å². The Labute approximate surface area is 348 Å². The molecule has 1 fully saturated rings. The molecule has 3 aliphatic carbocycles. The van der Waals surface area contributed by atoms with Crippen LogP contribution < -0.4 is 16.0 Å². The van der Waals surface area contributed by atoms with Crippen molar-refractivity contribution >= 4 is 35.1 Å². The summed E-state index contributed by atoms with van der Waals surface area (Å²) in [5.74, 6) is -7.89. The molecule has 2 aromatic rings. The minimum absolute atomic E-state index is 0.126. The van der Waals surface area contributed by atoms with Gasteiger partial charge in [-0.15, -0.1) is 5.10 Å². The molecule has 2 heterocycles. The number of likely N-dealkylation sites (N-methyl/N-ethyl adjacent to an activating group) is 1. The van der Waals surface area contributed by atoms with E-state index in [1.165, 1.54) is 43.1 Å². The molecule has 0 saturated carbocycles. The van der Waals surface area contributed by atoms with Gasteiger partial charge in [0.25, 0.3) is 0 Å². The van der Waals surface area contributed by atoms with Crippen molar-refractivity contribution in [2.45, 2.75) is 101 Å². The molecule has 0 spiro atoms. The Morgan fingerprint density at radius 1 is 1.10 bits per heavy atom. The number of hydrogen-bond acceptors (Lipinski definition) is 17. The van der Waals surface area contributed by atoms with Crippen LogP contribution in [0.3, 0.4) is 0 Å². The number of aliphatic hydroxyl groups is 3. The summed E-state index contributed by atoms with van der Waals surface area (Å²) < 4.78 is 18.7. The number of benzene rings is 1. The highest BCUT2D eigenvalue weighted by Gasteiger charge is 2.53. The predicted molar refractivity (Wildman–Crippen MR) is 207 cm³/mol. The first-order chi connectivity index (χ1) is 29.0. The summed E-state index contributed by atoms with van der Waals surface area (Å²) in [7, 11) is 2.89. The number of aliphatic carboxylic acids is 1. The van der Waals surface area contributed by atoms with Gasteiger partial charge in [-0.3, -0.25) is 28.8 Å². The Morgan fingerprint density at radius 2 is 1.84 bits per heavy atom. The quantitative estimate of drug-likeness (QED) is 0.0672. The number of amides is 2. The Hall–Kier alpha value is -5.58. The second-order valence-electron chi connectivity index (χ2n) is 15.6. The van der Waals surface area contributed by atoms with Crippen molar-refractivity contribution in [2.24, 2.45) is 11.8 Å². The molecule has 21 heteroatoms. The Morgan fingerprint density at radius 3 is 2.52 bits per heavy atom. The molecule has 61 heavy (non-hydrogen) atoms. The molecule has 6 unspecified atom stereocenters. The molecular formula is C40H50N6O15. The van der Waals surface area contributed by atoms with E-state index in [4.69, 9.17) is 19.3 Å². The highest BCUT2D eigenvalue weighted by Crippen LogP contribution is 2.53. The van der Waals surface area contributed by atoms with E-state index in [1.807, 2.05) is 0 Å². The first-order valence-corrected chi connectivity index (χ1v) is 19.8. The maximum absolute atomic E-state index is 14.0. The predicted octanol–water partition coefficient (Wildman–Crippen LogP) is -1.12. The first-order valence-electron chi connectivity index (χ1n) is 19.8. The lowest BCUT2D eigenvalue weighted by Gasteiger charge is -2.43. The van der Waals surface area contributed by atoms with E-state index in [2.05, 4.69) is 26.3 Å². The molecule has 1 saturated heterocycles. The smallest absolute Gasteiger partial charge is 0.320 e. The van der Waals surface area contributed by atoms with Gasteiger partial charge < -0.3 is 60.8 Å². The Bertz CT molecular complexity index is 2140. The van der Waals surface area contributed by atoms with Crippen molar-refractivity contribution in [2.75, 3.05) is 27.3 Å². The number of allylic oxidation sites excluding steroid dienone is 4. The monoisotopic (exact) mass is 854 g/mol. The lowest BCUT2D eigenvalue weighted by atomic mass is 9.67. The third-order valence-electron chi connectivity index (χ3n) is 11.6. The van der Waals surface area contributed by atoms with Gasteiger partial charge >= 0.3 is 5.97 Å². The first kappa shape index (κ1) is 45.0. The van der Waals surface area contributed by atoms with Gasteiger partial charge in [-0.2, -0.15) is 0 Å². The number of phenolic OH excluding ortho intramolecular Hbond substituents is 2. The van der Waals surface area contributed by atoms with E-state index in [1.54, 1.807) is 7.05 Å². The number of ether oxygens (including phenoxy) is 3. The van der Waals surface area contributed by atoms with Gasteiger partial charge in [-0.05, 0) is 39.3 Å². The van der Waals surface area contributed by atoms with E-state index in [9.17, 15) is 54.3 Å². The second kappa shape index (κ2) is 18.6. The number of hydrogen-bond donors (Lipinski definition) is 9. The minimum atomic E-state index is -2.37. The number of aromatic hydroxyl groups is 2. The number of aromatic nitrogens is 3. The summed E-state index contributed by atoms with van der Waals surface area (Å²) in [6.07, 6.45) is 0.869. The van der Waals surface area contributed by atoms with Crippen LogP contribution in [-0.2, 0) is 52.8 Å². The molecule has 1 aromatic heterocycles. The highest BCUT2D eigenvalue weighted by atomic mass is 16.7. The molecule has 0 radical (unpaired) electrons. The molecule has 2 amide bonds. The topological polar surface area (TPSA) is 318 Å². The summed E-state index contributed by atoms with van der Waals surface area (Å²) in [6, 6.07) is -1.67. The number of unbranched alkanes of at least 4 members (excludes halogenated alkanes) is 1. The summed E-state index contributed by atoms with van der Waals surface area (Å²) in [4.78, 5) is 77.6. The largest absolute Gasteiger partial charge is 0.507 e. The van der Waals surface area contributed by atoms with Crippen LogP contribution >= 0.6 is 0 Å². The number of carbonyl (C=O) groups excluding carboxylic acids is 5. The van der Waals surface area contributed by atoms with E-state index in [0.717, 1.165) is 0 Å². The fourth-order valence-corrected chi connectivity index (χ4v) is 8.44. The van der Waals surface area contributed by atoms with Crippen molar-refractivity contribution in [3.8, 4) is 11.5 Å². The molecule has 6 rings (SSSR count). The molecule has 330 valence electrons. The van der Waals surface area contributed by atoms with E-state index >= 15 is 0 Å². The van der Waals surface area contributed by atoms with Crippen molar-refractivity contribution in [1.29, 1.82) is 0 Å². The number of carboxylic acids is 1. The number of carbonyl (C=O) groups is 6. The fraction of sp³-hybridized carbons (Fsp3) is 0.550. The lowest BCUT2D eigenvalue weighted by Crippen LogP contribution is -2.56. The van der Waals surface area contributed by atoms with E-state index in [-0.39, 0.29) is 47.9 Å². The van der Waals surface area contributed by atoms with Crippen LogP contribution in [0.25, 0.3) is 0 Å². The zero-order valence-corrected chi connectivity index (χ0v) is 33.7. The molecule has 9 N–H and O–H groups in total. The zero-order valence-electron chi connectivity index (χ0n) is 33.7. The maximum Gasteiger partial charge on any atom is 0.320 e. The van der Waals surface area contributed by atoms with Crippen LogP contribution in [0.5, 0.6) is 11.5 Å². The standard InChI is InChI=1S/C40H50N6O15/c1-18-34(51)23(43-28(50)16-46-15-19(44-45-46)11-27(49)42-10-5-4-8-22(41-2)39(56)57)12-29(60-18)61-25-14-40(58,26(48)17-47)13-21-31(25)38(55)33-32(36(21)53)35(52)20-7-6-9-24(59-3)30(20)37(33)54/h6-7,9,15,18,20,22-23,25,29-30,34,41,47,51,53,55,58H,4-5,8,10-14,16-17H2,1-3H3,(H,42,49)(H,43,50)(H,56,57)/t18?,20?,22-,23?,25+,29?,30?,34?,40+/m1/s1. The van der Waals surface area contributed by atoms with Gasteiger partial charge in [0.05, 0.1) is 60.4 Å². The molecule has 4 aliphatic rings. The minimum Gasteiger partial charge on any atom is -0.507 e. The number of methoxy groups -OCH3 is 1. The van der Waals surface area contributed by atoms with Crippen LogP contribution in [0.1, 0.15) is 82.7 Å². The number of Topliss-reactive ketones (excluding diaryl/α,β-unsaturated/α-hetero) is 3. The van der Waals surface area contributed by atoms with Crippen molar-refractivity contribution in [3.63, 3.8) is 0 Å².